The summed E-state index contributed by atoms with van der Waals surface area (Å²) in [5.41, 5.74) is 5.66. The number of hydrogen-bond acceptors (Lipinski definition) is 4. The van der Waals surface area contributed by atoms with Crippen molar-refractivity contribution in [2.24, 2.45) is 5.14 Å². The van der Waals surface area contributed by atoms with E-state index in [2.05, 4.69) is 0 Å². The fraction of sp³-hybridized carbons (Fsp3) is 0.143. The third-order valence-corrected chi connectivity index (χ3v) is 2.97. The van der Waals surface area contributed by atoms with Crippen LogP contribution in [-0.2, 0) is 10.0 Å². The summed E-state index contributed by atoms with van der Waals surface area (Å²) in [6, 6.07) is 2.47. The van der Waals surface area contributed by atoms with E-state index >= 15 is 0 Å². The number of nitrogens with two attached hydrogens (primary N) is 2. The highest BCUT2D eigenvalue weighted by Gasteiger charge is 2.15. The van der Waals surface area contributed by atoms with Crippen molar-refractivity contribution in [1.29, 1.82) is 0 Å². The third-order valence-electron chi connectivity index (χ3n) is 1.59. The lowest BCUT2D eigenvalue weighted by molar-refractivity contribution is 0.416. The highest BCUT2D eigenvalue weighted by molar-refractivity contribution is 7.89. The topological polar surface area (TPSA) is 95.4 Å². The minimum atomic E-state index is -3.85. The molecule has 0 atom stereocenters. The van der Waals surface area contributed by atoms with Gasteiger partial charge in [0.2, 0.25) is 10.0 Å². The largest absolute Gasteiger partial charge is 0.495 e. The molecule has 14 heavy (non-hydrogen) atoms. The highest BCUT2D eigenvalue weighted by atomic mass is 35.5. The molecule has 4 N–H and O–H groups in total. The summed E-state index contributed by atoms with van der Waals surface area (Å²) in [6.07, 6.45) is 0. The Labute approximate surface area is 86.7 Å². The molecule has 0 radical (unpaired) electrons. The molecule has 78 valence electrons. The molecule has 0 spiro atoms. The van der Waals surface area contributed by atoms with Crippen LogP contribution >= 0.6 is 11.6 Å². The van der Waals surface area contributed by atoms with Crippen molar-refractivity contribution >= 4 is 27.3 Å². The summed E-state index contributed by atoms with van der Waals surface area (Å²) in [5.74, 6) is 0.308. The molecule has 0 saturated carbocycles. The van der Waals surface area contributed by atoms with Crippen LogP contribution in [0.1, 0.15) is 0 Å². The number of nitrogen functional groups attached to an aromatic ring is 1. The normalized spacial score (nSPS) is 11.4. The van der Waals surface area contributed by atoms with Crippen molar-refractivity contribution in [1.82, 2.24) is 0 Å². The molecule has 0 bridgehead atoms. The first kappa shape index (κ1) is 11.1. The van der Waals surface area contributed by atoms with Crippen LogP contribution in [0.15, 0.2) is 17.0 Å². The first-order valence-electron chi connectivity index (χ1n) is 3.52. The number of halogens is 1. The molecule has 0 aliphatic rings. The molecule has 7 heteroatoms. The van der Waals surface area contributed by atoms with E-state index in [4.69, 9.17) is 27.2 Å². The number of ether oxygens (including phenoxy) is 1. The minimum absolute atomic E-state index is 0.0152. The Kier molecular flexibility index (Phi) is 2.89. The van der Waals surface area contributed by atoms with Gasteiger partial charge in [0.15, 0.2) is 0 Å². The average Bonchev–Trinajstić information content (AvgIpc) is 2.06. The molecule has 1 aromatic rings. The van der Waals surface area contributed by atoms with Gasteiger partial charge in [-0.15, -0.1) is 0 Å². The van der Waals surface area contributed by atoms with Crippen LogP contribution in [0.5, 0.6) is 5.75 Å². The lowest BCUT2D eigenvalue weighted by Crippen LogP contribution is -2.13. The number of hydrogen-bond donors (Lipinski definition) is 2. The SMILES string of the molecule is COc1cc(Cl)c(S(N)(=O)=O)cc1N. The summed E-state index contributed by atoms with van der Waals surface area (Å²) in [4.78, 5) is -0.211. The van der Waals surface area contributed by atoms with E-state index in [9.17, 15) is 8.42 Å². The Balaban J connectivity index is 3.44. The molecule has 1 rings (SSSR count). The fourth-order valence-corrected chi connectivity index (χ4v) is 2.04. The van der Waals surface area contributed by atoms with E-state index in [1.807, 2.05) is 0 Å². The smallest absolute Gasteiger partial charge is 0.239 e. The van der Waals surface area contributed by atoms with E-state index in [-0.39, 0.29) is 15.6 Å². The monoisotopic (exact) mass is 236 g/mol. The number of rotatable bonds is 2. The average molecular weight is 237 g/mol. The zero-order valence-corrected chi connectivity index (χ0v) is 8.89. The fourth-order valence-electron chi connectivity index (χ4n) is 0.946. The maximum Gasteiger partial charge on any atom is 0.239 e. The molecule has 0 heterocycles. The van der Waals surface area contributed by atoms with E-state index in [1.54, 1.807) is 0 Å². The molecule has 0 aromatic heterocycles. The molecule has 0 amide bonds. The summed E-state index contributed by atoms with van der Waals surface area (Å²) in [5, 5.41) is 4.89. The van der Waals surface area contributed by atoms with Gasteiger partial charge < -0.3 is 10.5 Å². The van der Waals surface area contributed by atoms with Crippen LogP contribution in [0.3, 0.4) is 0 Å². The second kappa shape index (κ2) is 3.64. The van der Waals surface area contributed by atoms with Crippen molar-refractivity contribution < 1.29 is 13.2 Å². The van der Waals surface area contributed by atoms with Crippen LogP contribution in [0.2, 0.25) is 5.02 Å². The van der Waals surface area contributed by atoms with Crippen LogP contribution < -0.4 is 15.6 Å². The first-order valence-corrected chi connectivity index (χ1v) is 5.44. The summed E-state index contributed by atoms with van der Waals surface area (Å²) < 4.78 is 26.9. The van der Waals surface area contributed by atoms with Gasteiger partial charge in [0.1, 0.15) is 10.6 Å². The predicted octanol–water partition coefficient (Wildman–Crippen LogP) is 0.578. The first-order chi connectivity index (χ1) is 6.36. The van der Waals surface area contributed by atoms with Gasteiger partial charge in [0.25, 0.3) is 0 Å². The lowest BCUT2D eigenvalue weighted by Gasteiger charge is -2.07. The van der Waals surface area contributed by atoms with E-state index in [0.717, 1.165) is 6.07 Å². The highest BCUT2D eigenvalue weighted by Crippen LogP contribution is 2.30. The number of methoxy groups -OCH3 is 1. The summed E-state index contributed by atoms with van der Waals surface area (Å²) in [7, 11) is -2.45. The maximum absolute atomic E-state index is 11.0. The Morgan fingerprint density at radius 3 is 2.43 bits per heavy atom. The van der Waals surface area contributed by atoms with Gasteiger partial charge >= 0.3 is 0 Å². The molecule has 0 fully saturated rings. The number of anilines is 1. The number of benzene rings is 1. The number of primary sulfonamides is 1. The third kappa shape index (κ3) is 2.09. The van der Waals surface area contributed by atoms with Gasteiger partial charge in [-0.05, 0) is 6.07 Å². The molecule has 0 aliphatic carbocycles. The molecule has 0 saturated heterocycles. The van der Waals surface area contributed by atoms with Crippen molar-refractivity contribution in [2.75, 3.05) is 12.8 Å². The zero-order valence-electron chi connectivity index (χ0n) is 7.32. The van der Waals surface area contributed by atoms with Gasteiger partial charge in [-0.1, -0.05) is 11.6 Å². The zero-order chi connectivity index (χ0) is 10.9. The van der Waals surface area contributed by atoms with Gasteiger partial charge in [-0.3, -0.25) is 0 Å². The quantitative estimate of drug-likeness (QED) is 0.734. The van der Waals surface area contributed by atoms with Crippen molar-refractivity contribution in [3.05, 3.63) is 17.2 Å². The van der Waals surface area contributed by atoms with Gasteiger partial charge in [-0.25, -0.2) is 13.6 Å². The minimum Gasteiger partial charge on any atom is -0.495 e. The predicted molar refractivity (Wildman–Crippen MR) is 53.8 cm³/mol. The number of sulfonamides is 1. The molecular weight excluding hydrogens is 228 g/mol. The van der Waals surface area contributed by atoms with Crippen molar-refractivity contribution in [3.8, 4) is 5.75 Å². The van der Waals surface area contributed by atoms with Gasteiger partial charge in [0.05, 0.1) is 17.8 Å². The van der Waals surface area contributed by atoms with Crippen LogP contribution in [0.25, 0.3) is 0 Å². The Morgan fingerprint density at radius 1 is 1.43 bits per heavy atom. The van der Waals surface area contributed by atoms with E-state index < -0.39 is 10.0 Å². The van der Waals surface area contributed by atoms with Crippen LogP contribution in [-0.4, -0.2) is 15.5 Å². The van der Waals surface area contributed by atoms with E-state index in [1.165, 1.54) is 13.2 Å². The van der Waals surface area contributed by atoms with E-state index in [0.29, 0.717) is 5.75 Å². The Bertz CT molecular complexity index is 458. The molecule has 1 aromatic carbocycles. The lowest BCUT2D eigenvalue weighted by atomic mass is 10.3. The van der Waals surface area contributed by atoms with Gasteiger partial charge in [-0.2, -0.15) is 0 Å². The Hall–Kier alpha value is -0.980. The summed E-state index contributed by atoms with van der Waals surface area (Å²) in [6.45, 7) is 0. The van der Waals surface area contributed by atoms with Crippen LogP contribution in [0, 0.1) is 0 Å². The molecule has 0 aliphatic heterocycles. The Morgan fingerprint density at radius 2 is 2.00 bits per heavy atom. The standard InChI is InChI=1S/C7H9ClN2O3S/c1-13-6-2-4(8)7(3-5(6)9)14(10,11)12/h2-3H,9H2,1H3,(H2,10,11,12). The second-order valence-electron chi connectivity index (χ2n) is 2.57. The van der Waals surface area contributed by atoms with Crippen molar-refractivity contribution in [3.63, 3.8) is 0 Å². The molecule has 0 unspecified atom stereocenters. The molecular formula is C7H9ClN2O3S. The summed E-state index contributed by atoms with van der Waals surface area (Å²) >= 11 is 5.67. The second-order valence-corrected chi connectivity index (χ2v) is 4.51. The maximum atomic E-state index is 11.0. The van der Waals surface area contributed by atoms with Gasteiger partial charge in [0, 0.05) is 6.07 Å². The molecule has 5 nitrogen and oxygen atoms in total. The van der Waals surface area contributed by atoms with Crippen LogP contribution in [0.4, 0.5) is 5.69 Å². The van der Waals surface area contributed by atoms with Crippen molar-refractivity contribution in [2.45, 2.75) is 4.90 Å².